The van der Waals surface area contributed by atoms with Crippen molar-refractivity contribution in [3.05, 3.63) is 29.3 Å². The lowest BCUT2D eigenvalue weighted by Crippen LogP contribution is -2.54. The van der Waals surface area contributed by atoms with Crippen LogP contribution in [0.3, 0.4) is 0 Å². The summed E-state index contributed by atoms with van der Waals surface area (Å²) < 4.78 is 11.2. The second-order valence-electron chi connectivity index (χ2n) is 14.7. The van der Waals surface area contributed by atoms with Crippen LogP contribution in [-0.4, -0.2) is 34.5 Å². The number of carbonyl (C=O) groups excluding carboxylic acids is 2. The number of carbonyl (C=O) groups is 2. The number of hydrogen-bond donors (Lipinski definition) is 2. The number of aliphatic hydroxyl groups is 1. The highest BCUT2D eigenvalue weighted by Gasteiger charge is 2.56. The molecule has 6 fully saturated rings. The molecule has 4 bridgehead atoms. The third-order valence-corrected chi connectivity index (χ3v) is 13.7. The van der Waals surface area contributed by atoms with Crippen LogP contribution in [-0.2, 0) is 20.7 Å². The minimum Gasteiger partial charge on any atom is -0.466 e. The molecule has 0 unspecified atom stereocenters. The first-order valence-electron chi connectivity index (χ1n) is 16.1. The zero-order valence-corrected chi connectivity index (χ0v) is 24.9. The van der Waals surface area contributed by atoms with Crippen LogP contribution in [0.25, 0.3) is 0 Å². The number of benzene rings is 1. The molecule has 6 heteroatoms. The van der Waals surface area contributed by atoms with Gasteiger partial charge in [0.05, 0.1) is 25.6 Å². The number of esters is 2. The van der Waals surface area contributed by atoms with Gasteiger partial charge in [0.1, 0.15) is 5.75 Å². The van der Waals surface area contributed by atoms with Crippen LogP contribution in [0.1, 0.15) is 107 Å². The van der Waals surface area contributed by atoms with Crippen molar-refractivity contribution in [3.63, 3.8) is 0 Å². The smallest absolute Gasteiger partial charge is 0.311 e. The molecule has 0 aliphatic heterocycles. The molecule has 0 aromatic heterocycles. The van der Waals surface area contributed by atoms with E-state index in [1.54, 1.807) is 0 Å². The molecule has 0 spiro atoms. The van der Waals surface area contributed by atoms with Crippen molar-refractivity contribution < 1.29 is 24.2 Å². The Morgan fingerprint density at radius 1 is 0.975 bits per heavy atom. The first kappa shape index (κ1) is 27.3. The molecule has 5 atom stereocenters. The van der Waals surface area contributed by atoms with Gasteiger partial charge in [-0.2, -0.15) is 12.6 Å². The van der Waals surface area contributed by atoms with Gasteiger partial charge in [0.25, 0.3) is 0 Å². The third kappa shape index (κ3) is 4.64. The second-order valence-corrected chi connectivity index (χ2v) is 15.5. The number of aliphatic hydroxyl groups excluding tert-OH is 1. The first-order chi connectivity index (χ1) is 19.2. The van der Waals surface area contributed by atoms with Gasteiger partial charge >= 0.3 is 11.9 Å². The fourth-order valence-electron chi connectivity index (χ4n) is 10.8. The maximum Gasteiger partial charge on any atom is 0.311 e. The maximum atomic E-state index is 12.6. The highest BCUT2D eigenvalue weighted by molar-refractivity contribution is 7.81. The van der Waals surface area contributed by atoms with Gasteiger partial charge in [0, 0.05) is 4.75 Å². The number of fused-ring (bicyclic) bond motifs is 5. The predicted octanol–water partition coefficient (Wildman–Crippen LogP) is 6.65. The lowest BCUT2D eigenvalue weighted by molar-refractivity contribution is -0.147. The molecule has 0 heterocycles. The monoisotopic (exact) mass is 566 g/mol. The van der Waals surface area contributed by atoms with Crippen molar-refractivity contribution in [1.29, 1.82) is 0 Å². The highest BCUT2D eigenvalue weighted by atomic mass is 32.1. The quantitative estimate of drug-likeness (QED) is 0.220. The molecule has 7 aliphatic rings. The number of hydrogen-bond acceptors (Lipinski definition) is 6. The lowest BCUT2D eigenvalue weighted by Gasteiger charge is -2.59. The Bertz CT molecular complexity index is 1130. The van der Waals surface area contributed by atoms with Crippen LogP contribution in [0, 0.1) is 40.9 Å². The molecule has 0 saturated heterocycles. The number of aryl methyl sites for hydroxylation is 1. The topological polar surface area (TPSA) is 72.8 Å². The minimum absolute atomic E-state index is 0.00868. The summed E-state index contributed by atoms with van der Waals surface area (Å²) in [5, 5.41) is 10.6. The standard InChI is InChI=1S/C34H46O5S/c1-33-11-10-27-26-5-3-25(19-22(26)2-4-28(27)29(33)6-7-30(33)35)39-32(37)9-8-31(36)38-13-12-34(40)23-15-20-14-21(17-23)18-24(34)16-20/h3,5,19-21,23-24,27-30,35,40H,2,4,6-18H2,1H3/t20?,21?,23?,24?,27-,28-,29+,30+,33+,34?/m1/s1. The van der Waals surface area contributed by atoms with Gasteiger partial charge in [-0.25, -0.2) is 0 Å². The van der Waals surface area contributed by atoms with Gasteiger partial charge in [-0.3, -0.25) is 9.59 Å². The summed E-state index contributed by atoms with van der Waals surface area (Å²) in [6.45, 7) is 2.70. The Balaban J connectivity index is 0.882. The summed E-state index contributed by atoms with van der Waals surface area (Å²) in [5.74, 6) is 4.79. The van der Waals surface area contributed by atoms with Crippen molar-refractivity contribution >= 4 is 24.6 Å². The predicted molar refractivity (Wildman–Crippen MR) is 156 cm³/mol. The fraction of sp³-hybridized carbons (Fsp3) is 0.765. The van der Waals surface area contributed by atoms with E-state index in [9.17, 15) is 14.7 Å². The first-order valence-corrected chi connectivity index (χ1v) is 16.6. The summed E-state index contributed by atoms with van der Waals surface area (Å²) in [6, 6.07) is 6.12. The molecule has 6 saturated carbocycles. The van der Waals surface area contributed by atoms with Gasteiger partial charge in [-0.1, -0.05) is 13.0 Å². The van der Waals surface area contributed by atoms with Crippen molar-refractivity contribution in [3.8, 4) is 5.75 Å². The fourth-order valence-corrected chi connectivity index (χ4v) is 11.3. The van der Waals surface area contributed by atoms with Crippen LogP contribution in [0.2, 0.25) is 0 Å². The van der Waals surface area contributed by atoms with Crippen molar-refractivity contribution in [2.24, 2.45) is 40.9 Å². The van der Waals surface area contributed by atoms with E-state index in [0.29, 0.717) is 41.9 Å². The summed E-state index contributed by atoms with van der Waals surface area (Å²) in [4.78, 5) is 25.0. The Labute approximate surface area is 244 Å². The van der Waals surface area contributed by atoms with Gasteiger partial charge in [0.2, 0.25) is 0 Å². The number of ether oxygens (including phenoxy) is 2. The van der Waals surface area contributed by atoms with Crippen LogP contribution in [0.15, 0.2) is 18.2 Å². The molecule has 1 aromatic rings. The van der Waals surface area contributed by atoms with E-state index >= 15 is 0 Å². The molecule has 40 heavy (non-hydrogen) atoms. The minimum atomic E-state index is -0.384. The lowest BCUT2D eigenvalue weighted by atomic mass is 9.51. The van der Waals surface area contributed by atoms with E-state index in [1.165, 1.54) is 43.2 Å². The van der Waals surface area contributed by atoms with Crippen LogP contribution < -0.4 is 4.74 Å². The van der Waals surface area contributed by atoms with Crippen molar-refractivity contribution in [2.45, 2.75) is 114 Å². The zero-order valence-electron chi connectivity index (χ0n) is 24.0. The molecule has 218 valence electrons. The summed E-state index contributed by atoms with van der Waals surface area (Å²) in [7, 11) is 0. The van der Waals surface area contributed by atoms with E-state index in [4.69, 9.17) is 22.1 Å². The normalized spacial score (nSPS) is 42.6. The average molecular weight is 567 g/mol. The summed E-state index contributed by atoms with van der Waals surface area (Å²) in [5.41, 5.74) is 2.78. The van der Waals surface area contributed by atoms with Gasteiger partial charge in [0.15, 0.2) is 0 Å². The van der Waals surface area contributed by atoms with E-state index in [0.717, 1.165) is 56.8 Å². The van der Waals surface area contributed by atoms with Crippen molar-refractivity contribution in [2.75, 3.05) is 6.61 Å². The highest BCUT2D eigenvalue weighted by Crippen LogP contribution is 2.62. The maximum absolute atomic E-state index is 12.6. The van der Waals surface area contributed by atoms with Gasteiger partial charge < -0.3 is 14.6 Å². The van der Waals surface area contributed by atoms with Crippen molar-refractivity contribution in [1.82, 2.24) is 0 Å². The van der Waals surface area contributed by atoms with Gasteiger partial charge in [-0.15, -0.1) is 0 Å². The van der Waals surface area contributed by atoms with E-state index in [-0.39, 0.29) is 41.0 Å². The molecule has 0 amide bonds. The number of rotatable bonds is 7. The largest absolute Gasteiger partial charge is 0.466 e. The van der Waals surface area contributed by atoms with E-state index in [2.05, 4.69) is 13.0 Å². The SMILES string of the molecule is C[C@]12CC[C@@H]3c4ccc(OC(=O)CCC(=O)OCCC5(S)C6CC7CC(C6)CC5C7)cc4CC[C@H]3[C@@H]1CC[C@@H]2O. The Morgan fingerprint density at radius 2 is 1.70 bits per heavy atom. The summed E-state index contributed by atoms with van der Waals surface area (Å²) in [6.07, 6.45) is 13.8. The molecule has 0 radical (unpaired) electrons. The molecule has 5 nitrogen and oxygen atoms in total. The Morgan fingerprint density at radius 3 is 2.45 bits per heavy atom. The molecular weight excluding hydrogens is 520 g/mol. The third-order valence-electron chi connectivity index (χ3n) is 12.7. The molecule has 7 aliphatic carbocycles. The average Bonchev–Trinajstić information content (AvgIpc) is 3.24. The molecule has 8 rings (SSSR count). The molecular formula is C34H46O5S. The zero-order chi connectivity index (χ0) is 27.6. The Hall–Kier alpha value is -1.53. The molecule has 1 N–H and O–H groups in total. The number of thiol groups is 1. The summed E-state index contributed by atoms with van der Waals surface area (Å²) >= 11 is 5.18. The van der Waals surface area contributed by atoms with E-state index < -0.39 is 0 Å². The van der Waals surface area contributed by atoms with E-state index in [1.807, 2.05) is 12.1 Å². The Kier molecular flexibility index (Phi) is 7.05. The second kappa shape index (κ2) is 10.3. The van der Waals surface area contributed by atoms with Crippen LogP contribution in [0.5, 0.6) is 5.75 Å². The van der Waals surface area contributed by atoms with Gasteiger partial charge in [-0.05, 0) is 147 Å². The van der Waals surface area contributed by atoms with Crippen LogP contribution >= 0.6 is 12.6 Å². The van der Waals surface area contributed by atoms with Crippen LogP contribution in [0.4, 0.5) is 0 Å². The molecule has 1 aromatic carbocycles.